The van der Waals surface area contributed by atoms with Crippen LogP contribution in [0.25, 0.3) is 0 Å². The molecule has 0 bridgehead atoms. The van der Waals surface area contributed by atoms with Crippen molar-refractivity contribution in [2.45, 2.75) is 32.7 Å². The van der Waals surface area contributed by atoms with E-state index in [9.17, 15) is 0 Å². The lowest BCUT2D eigenvalue weighted by atomic mass is 10.0. The maximum absolute atomic E-state index is 8.95. The highest BCUT2D eigenvalue weighted by atomic mass is 79.9. The van der Waals surface area contributed by atoms with Crippen LogP contribution in [0, 0.1) is 22.8 Å². The van der Waals surface area contributed by atoms with E-state index in [1.54, 1.807) is 12.1 Å². The maximum atomic E-state index is 8.95. The molecule has 0 radical (unpaired) electrons. The molecule has 5 nitrogen and oxygen atoms in total. The number of anilines is 1. The Balaban J connectivity index is 3.06. The summed E-state index contributed by atoms with van der Waals surface area (Å²) in [7, 11) is 0. The van der Waals surface area contributed by atoms with E-state index in [4.69, 9.17) is 10.5 Å². The van der Waals surface area contributed by atoms with Crippen molar-refractivity contribution < 1.29 is 0 Å². The Bertz CT molecular complexity index is 593. The smallest absolute Gasteiger partial charge is 0.209 e. The number of hydrogen-bond acceptors (Lipinski definition) is 3. The van der Waals surface area contributed by atoms with Crippen LogP contribution in [-0.4, -0.2) is 11.5 Å². The van der Waals surface area contributed by atoms with Gasteiger partial charge in [0, 0.05) is 10.2 Å². The van der Waals surface area contributed by atoms with E-state index in [1.165, 1.54) is 0 Å². The van der Waals surface area contributed by atoms with Crippen molar-refractivity contribution in [1.82, 2.24) is 5.32 Å². The second-order valence-electron chi connectivity index (χ2n) is 4.83. The van der Waals surface area contributed by atoms with E-state index in [0.717, 1.165) is 10.9 Å². The van der Waals surface area contributed by atoms with Crippen LogP contribution in [0.4, 0.5) is 5.69 Å². The molecule has 0 unspecified atom stereocenters. The topological polar surface area (TPSA) is 84.0 Å². The molecule has 0 aliphatic heterocycles. The monoisotopic (exact) mass is 333 g/mol. The van der Waals surface area contributed by atoms with Gasteiger partial charge in [0.2, 0.25) is 5.96 Å². The summed E-state index contributed by atoms with van der Waals surface area (Å²) in [6, 6.07) is 7.30. The van der Waals surface area contributed by atoms with Crippen molar-refractivity contribution in [2.24, 2.45) is 4.99 Å². The third-order valence-electron chi connectivity index (χ3n) is 2.74. The number of nitrogens with one attached hydrogen (secondary N) is 2. The average molecular weight is 334 g/mol. The highest BCUT2D eigenvalue weighted by Gasteiger charge is 2.15. The Labute approximate surface area is 127 Å². The van der Waals surface area contributed by atoms with Gasteiger partial charge in [-0.3, -0.25) is 5.32 Å². The van der Waals surface area contributed by atoms with Gasteiger partial charge in [0.05, 0.1) is 17.2 Å². The minimum absolute atomic E-state index is 0.281. The van der Waals surface area contributed by atoms with Gasteiger partial charge < -0.3 is 5.32 Å². The van der Waals surface area contributed by atoms with E-state index in [1.807, 2.05) is 33.0 Å². The summed E-state index contributed by atoms with van der Waals surface area (Å²) in [4.78, 5) is 4.47. The first-order valence-corrected chi connectivity index (χ1v) is 6.92. The van der Waals surface area contributed by atoms with Crippen LogP contribution in [-0.2, 0) is 0 Å². The van der Waals surface area contributed by atoms with Crippen LogP contribution in [0.2, 0.25) is 0 Å². The molecule has 0 aliphatic rings. The Hall–Kier alpha value is -2.05. The zero-order valence-corrected chi connectivity index (χ0v) is 13.2. The van der Waals surface area contributed by atoms with Crippen molar-refractivity contribution in [1.29, 1.82) is 10.5 Å². The normalized spacial score (nSPS) is 11.4. The Kier molecular flexibility index (Phi) is 5.54. The number of halogens is 1. The number of nitriles is 2. The molecule has 0 aromatic heterocycles. The third-order valence-corrected chi connectivity index (χ3v) is 3.20. The number of rotatable bonds is 3. The molecule has 0 heterocycles. The van der Waals surface area contributed by atoms with Crippen LogP contribution in [0.15, 0.2) is 27.7 Å². The van der Waals surface area contributed by atoms with Gasteiger partial charge in [0.25, 0.3) is 0 Å². The number of aliphatic imine (C=N–C) groups is 1. The molecule has 2 N–H and O–H groups in total. The molecule has 6 heteroatoms. The predicted octanol–water partition coefficient (Wildman–Crippen LogP) is 3.35. The van der Waals surface area contributed by atoms with Crippen molar-refractivity contribution in [2.75, 3.05) is 5.32 Å². The molecule has 0 aliphatic carbocycles. The fraction of sp³-hybridized carbons (Fsp3) is 0.357. The Morgan fingerprint density at radius 2 is 2.05 bits per heavy atom. The standard InChI is InChI=1S/C14H16BrN5/c1-4-14(2,3)20-13(18-9-17)19-12-6-10(8-16)5-11(15)7-12/h5-7H,4H2,1-3H3,(H2,18,19,20). The molecule has 1 aromatic rings. The van der Waals surface area contributed by atoms with E-state index >= 15 is 0 Å². The van der Waals surface area contributed by atoms with E-state index in [-0.39, 0.29) is 5.54 Å². The minimum Gasteiger partial charge on any atom is -0.325 e. The summed E-state index contributed by atoms with van der Waals surface area (Å²) in [6.45, 7) is 5.99. The minimum atomic E-state index is -0.281. The summed E-state index contributed by atoms with van der Waals surface area (Å²) >= 11 is 3.34. The molecule has 0 atom stereocenters. The molecule has 0 amide bonds. The average Bonchev–Trinajstić information content (AvgIpc) is 2.37. The largest absolute Gasteiger partial charge is 0.325 e. The first-order chi connectivity index (χ1) is 9.40. The Morgan fingerprint density at radius 1 is 1.35 bits per heavy atom. The lowest BCUT2D eigenvalue weighted by Gasteiger charge is -2.19. The summed E-state index contributed by atoms with van der Waals surface area (Å²) in [5.41, 5.74) is 0.924. The number of guanidine groups is 1. The van der Waals surface area contributed by atoms with E-state index in [0.29, 0.717) is 17.2 Å². The zero-order chi connectivity index (χ0) is 15.2. The van der Waals surface area contributed by atoms with Crippen molar-refractivity contribution in [3.05, 3.63) is 28.2 Å². The SMILES string of the molecule is CCC(C)(C)N=C(NC#N)Nc1cc(Br)cc(C#N)c1. The molecule has 0 saturated carbocycles. The van der Waals surface area contributed by atoms with Gasteiger partial charge in [-0.15, -0.1) is 0 Å². The summed E-state index contributed by atoms with van der Waals surface area (Å²) in [5, 5.41) is 23.3. The van der Waals surface area contributed by atoms with Crippen molar-refractivity contribution >= 4 is 27.6 Å². The lowest BCUT2D eigenvalue weighted by Crippen LogP contribution is -2.31. The fourth-order valence-electron chi connectivity index (χ4n) is 1.38. The van der Waals surface area contributed by atoms with Gasteiger partial charge in [-0.1, -0.05) is 22.9 Å². The van der Waals surface area contributed by atoms with Crippen molar-refractivity contribution in [3.63, 3.8) is 0 Å². The van der Waals surface area contributed by atoms with Gasteiger partial charge in [0.1, 0.15) is 0 Å². The van der Waals surface area contributed by atoms with Gasteiger partial charge in [-0.05, 0) is 38.5 Å². The second kappa shape index (κ2) is 6.93. The van der Waals surface area contributed by atoms with Crippen LogP contribution in [0.1, 0.15) is 32.8 Å². The van der Waals surface area contributed by atoms with Crippen LogP contribution in [0.5, 0.6) is 0 Å². The second-order valence-corrected chi connectivity index (χ2v) is 5.74. The highest BCUT2D eigenvalue weighted by Crippen LogP contribution is 2.20. The molecular formula is C14H16BrN5. The van der Waals surface area contributed by atoms with Crippen LogP contribution < -0.4 is 10.6 Å². The lowest BCUT2D eigenvalue weighted by molar-refractivity contribution is 0.503. The molecule has 1 rings (SSSR count). The Morgan fingerprint density at radius 3 is 2.60 bits per heavy atom. The number of hydrogen-bond donors (Lipinski definition) is 2. The zero-order valence-electron chi connectivity index (χ0n) is 11.7. The molecule has 0 fully saturated rings. The number of nitrogens with zero attached hydrogens (tertiary/aromatic N) is 3. The van der Waals surface area contributed by atoms with Gasteiger partial charge >= 0.3 is 0 Å². The third kappa shape index (κ3) is 4.91. The summed E-state index contributed by atoms with van der Waals surface area (Å²) in [5.74, 6) is 0.362. The first kappa shape index (κ1) is 16.0. The molecule has 0 saturated heterocycles. The quantitative estimate of drug-likeness (QED) is 0.384. The van der Waals surface area contributed by atoms with Gasteiger partial charge in [-0.2, -0.15) is 10.5 Å². The van der Waals surface area contributed by atoms with Gasteiger partial charge in [0.15, 0.2) is 6.19 Å². The van der Waals surface area contributed by atoms with E-state index in [2.05, 4.69) is 37.6 Å². The molecule has 1 aromatic carbocycles. The molecular weight excluding hydrogens is 318 g/mol. The summed E-state index contributed by atoms with van der Waals surface area (Å²) in [6.07, 6.45) is 2.70. The van der Waals surface area contributed by atoms with Crippen molar-refractivity contribution in [3.8, 4) is 12.3 Å². The fourth-order valence-corrected chi connectivity index (χ4v) is 1.88. The predicted molar refractivity (Wildman–Crippen MR) is 83.0 cm³/mol. The van der Waals surface area contributed by atoms with Crippen LogP contribution >= 0.6 is 15.9 Å². The highest BCUT2D eigenvalue weighted by molar-refractivity contribution is 9.10. The van der Waals surface area contributed by atoms with Gasteiger partial charge in [-0.25, -0.2) is 4.99 Å². The first-order valence-electron chi connectivity index (χ1n) is 6.13. The molecule has 104 valence electrons. The van der Waals surface area contributed by atoms with E-state index < -0.39 is 0 Å². The summed E-state index contributed by atoms with van der Waals surface area (Å²) < 4.78 is 0.783. The number of benzene rings is 1. The molecule has 20 heavy (non-hydrogen) atoms. The van der Waals surface area contributed by atoms with Crippen LogP contribution in [0.3, 0.4) is 0 Å². The maximum Gasteiger partial charge on any atom is 0.209 e. The molecule has 0 spiro atoms.